The molecule has 0 fully saturated rings. The second-order valence-electron chi connectivity index (χ2n) is 5.87. The molecule has 19 heavy (non-hydrogen) atoms. The molecule has 0 aliphatic rings. The van der Waals surface area contributed by atoms with Gasteiger partial charge >= 0.3 is 0 Å². The first-order valence-corrected chi connectivity index (χ1v) is 7.48. The molecule has 0 radical (unpaired) electrons. The van der Waals surface area contributed by atoms with Crippen LogP contribution in [0.1, 0.15) is 38.8 Å². The minimum atomic E-state index is 0.315. The van der Waals surface area contributed by atoms with E-state index >= 15 is 0 Å². The maximum atomic E-state index is 6.27. The molecule has 0 spiro atoms. The molecule has 0 amide bonds. The Morgan fingerprint density at radius 3 is 2.37 bits per heavy atom. The molecule has 2 N–H and O–H groups in total. The molecular formula is C16H27ClN2. The van der Waals surface area contributed by atoms with Crippen LogP contribution in [0.2, 0.25) is 5.02 Å². The van der Waals surface area contributed by atoms with E-state index in [4.69, 9.17) is 17.3 Å². The standard InChI is InChI=1S/C16H27ClN2/c1-12(2)9-14(10-18)11-19(4)13(3)15-7-5-6-8-16(15)17/h5-8,12-14H,9-11,18H2,1-4H3. The summed E-state index contributed by atoms with van der Waals surface area (Å²) >= 11 is 6.27. The Labute approximate surface area is 122 Å². The van der Waals surface area contributed by atoms with Crippen molar-refractivity contribution in [3.8, 4) is 0 Å². The zero-order valence-corrected chi connectivity index (χ0v) is 13.3. The maximum absolute atomic E-state index is 6.27. The van der Waals surface area contributed by atoms with Gasteiger partial charge in [-0.15, -0.1) is 0 Å². The van der Waals surface area contributed by atoms with Gasteiger partial charge in [-0.25, -0.2) is 0 Å². The smallest absolute Gasteiger partial charge is 0.0453 e. The fourth-order valence-electron chi connectivity index (χ4n) is 2.53. The van der Waals surface area contributed by atoms with E-state index < -0.39 is 0 Å². The second-order valence-corrected chi connectivity index (χ2v) is 6.28. The molecule has 2 atom stereocenters. The van der Waals surface area contributed by atoms with Crippen LogP contribution in [0.4, 0.5) is 0 Å². The first kappa shape index (κ1) is 16.5. The van der Waals surface area contributed by atoms with Gasteiger partial charge in [0.05, 0.1) is 0 Å². The van der Waals surface area contributed by atoms with Crippen LogP contribution in [-0.2, 0) is 0 Å². The van der Waals surface area contributed by atoms with Crippen LogP contribution in [0.5, 0.6) is 0 Å². The van der Waals surface area contributed by atoms with Gasteiger partial charge in [0.1, 0.15) is 0 Å². The zero-order chi connectivity index (χ0) is 14.4. The lowest BCUT2D eigenvalue weighted by atomic mass is 9.96. The van der Waals surface area contributed by atoms with Crippen molar-refractivity contribution in [1.29, 1.82) is 0 Å². The summed E-state index contributed by atoms with van der Waals surface area (Å²) in [5, 5.41) is 0.843. The zero-order valence-electron chi connectivity index (χ0n) is 12.6. The highest BCUT2D eigenvalue weighted by molar-refractivity contribution is 6.31. The average Bonchev–Trinajstić information content (AvgIpc) is 2.37. The number of nitrogens with zero attached hydrogens (tertiary/aromatic N) is 1. The van der Waals surface area contributed by atoms with Crippen LogP contribution in [0, 0.1) is 11.8 Å². The summed E-state index contributed by atoms with van der Waals surface area (Å²) in [4.78, 5) is 2.35. The van der Waals surface area contributed by atoms with Gasteiger partial charge in [0.15, 0.2) is 0 Å². The highest BCUT2D eigenvalue weighted by atomic mass is 35.5. The molecule has 1 rings (SSSR count). The van der Waals surface area contributed by atoms with E-state index in [-0.39, 0.29) is 0 Å². The number of hydrogen-bond donors (Lipinski definition) is 1. The fourth-order valence-corrected chi connectivity index (χ4v) is 2.82. The third-order valence-electron chi connectivity index (χ3n) is 3.70. The van der Waals surface area contributed by atoms with Gasteiger partial charge in [-0.1, -0.05) is 43.6 Å². The molecule has 2 unspecified atom stereocenters. The van der Waals surface area contributed by atoms with E-state index in [9.17, 15) is 0 Å². The molecule has 0 heterocycles. The SMILES string of the molecule is CC(C)CC(CN)CN(C)C(C)c1ccccc1Cl. The van der Waals surface area contributed by atoms with Crippen molar-refractivity contribution in [2.75, 3.05) is 20.1 Å². The highest BCUT2D eigenvalue weighted by Gasteiger charge is 2.18. The van der Waals surface area contributed by atoms with Crippen molar-refractivity contribution < 1.29 is 0 Å². The Morgan fingerprint density at radius 2 is 1.84 bits per heavy atom. The summed E-state index contributed by atoms with van der Waals surface area (Å²) in [6, 6.07) is 8.38. The van der Waals surface area contributed by atoms with E-state index in [0.29, 0.717) is 17.9 Å². The molecule has 0 saturated carbocycles. The molecule has 0 aliphatic carbocycles. The summed E-state index contributed by atoms with van der Waals surface area (Å²) in [7, 11) is 2.15. The summed E-state index contributed by atoms with van der Waals surface area (Å²) in [6.07, 6.45) is 1.18. The van der Waals surface area contributed by atoms with Crippen molar-refractivity contribution in [3.63, 3.8) is 0 Å². The van der Waals surface area contributed by atoms with Crippen LogP contribution in [0.3, 0.4) is 0 Å². The Morgan fingerprint density at radius 1 is 1.21 bits per heavy atom. The molecular weight excluding hydrogens is 256 g/mol. The topological polar surface area (TPSA) is 29.3 Å². The van der Waals surface area contributed by atoms with Gasteiger partial charge in [0.2, 0.25) is 0 Å². The van der Waals surface area contributed by atoms with Gasteiger partial charge in [0, 0.05) is 17.6 Å². The van der Waals surface area contributed by atoms with E-state index in [1.54, 1.807) is 0 Å². The quantitative estimate of drug-likeness (QED) is 0.820. The lowest BCUT2D eigenvalue weighted by molar-refractivity contribution is 0.207. The highest BCUT2D eigenvalue weighted by Crippen LogP contribution is 2.27. The van der Waals surface area contributed by atoms with Crippen LogP contribution in [-0.4, -0.2) is 25.0 Å². The van der Waals surface area contributed by atoms with E-state index in [0.717, 1.165) is 18.1 Å². The number of rotatable bonds is 7. The Hall–Kier alpha value is -0.570. The predicted molar refractivity (Wildman–Crippen MR) is 84.5 cm³/mol. The van der Waals surface area contributed by atoms with Crippen LogP contribution < -0.4 is 5.73 Å². The number of benzene rings is 1. The first-order chi connectivity index (χ1) is 8.95. The maximum Gasteiger partial charge on any atom is 0.0453 e. The summed E-state index contributed by atoms with van der Waals surface area (Å²) in [5.41, 5.74) is 7.07. The summed E-state index contributed by atoms with van der Waals surface area (Å²) in [5.74, 6) is 1.24. The number of nitrogens with two attached hydrogens (primary N) is 1. The average molecular weight is 283 g/mol. The van der Waals surface area contributed by atoms with E-state index in [1.807, 2.05) is 18.2 Å². The van der Waals surface area contributed by atoms with E-state index in [1.165, 1.54) is 12.0 Å². The summed E-state index contributed by atoms with van der Waals surface area (Å²) < 4.78 is 0. The van der Waals surface area contributed by atoms with E-state index in [2.05, 4.69) is 38.8 Å². The third kappa shape index (κ3) is 5.13. The van der Waals surface area contributed by atoms with Crippen molar-refractivity contribution in [2.24, 2.45) is 17.6 Å². The minimum Gasteiger partial charge on any atom is -0.330 e. The second kappa shape index (κ2) is 7.88. The minimum absolute atomic E-state index is 0.315. The van der Waals surface area contributed by atoms with Gasteiger partial charge in [-0.3, -0.25) is 4.90 Å². The molecule has 1 aromatic rings. The Kier molecular flexibility index (Phi) is 6.84. The Bertz CT molecular complexity index is 379. The monoisotopic (exact) mass is 282 g/mol. The van der Waals surface area contributed by atoms with Crippen molar-refractivity contribution in [2.45, 2.75) is 33.2 Å². The van der Waals surface area contributed by atoms with Crippen LogP contribution in [0.25, 0.3) is 0 Å². The van der Waals surface area contributed by atoms with Crippen molar-refractivity contribution in [3.05, 3.63) is 34.9 Å². The molecule has 0 aromatic heterocycles. The molecule has 1 aromatic carbocycles. The van der Waals surface area contributed by atoms with Gasteiger partial charge in [-0.2, -0.15) is 0 Å². The predicted octanol–water partition coefficient (Wildman–Crippen LogP) is 3.95. The van der Waals surface area contributed by atoms with Gasteiger partial charge in [-0.05, 0) is 50.4 Å². The molecule has 3 heteroatoms. The molecule has 108 valence electrons. The fraction of sp³-hybridized carbons (Fsp3) is 0.625. The third-order valence-corrected chi connectivity index (χ3v) is 4.04. The molecule has 0 aliphatic heterocycles. The van der Waals surface area contributed by atoms with Gasteiger partial charge < -0.3 is 5.73 Å². The van der Waals surface area contributed by atoms with Crippen molar-refractivity contribution in [1.82, 2.24) is 4.90 Å². The number of hydrogen-bond acceptors (Lipinski definition) is 2. The number of halogens is 1. The molecule has 2 nitrogen and oxygen atoms in total. The Balaban J connectivity index is 2.66. The lowest BCUT2D eigenvalue weighted by Crippen LogP contribution is -2.32. The van der Waals surface area contributed by atoms with Crippen molar-refractivity contribution >= 4 is 11.6 Å². The molecule has 0 bridgehead atoms. The van der Waals surface area contributed by atoms with Gasteiger partial charge in [0.25, 0.3) is 0 Å². The summed E-state index contributed by atoms with van der Waals surface area (Å²) in [6.45, 7) is 8.46. The molecule has 0 saturated heterocycles. The normalized spacial score (nSPS) is 14.9. The van der Waals surface area contributed by atoms with Crippen LogP contribution >= 0.6 is 11.6 Å². The lowest BCUT2D eigenvalue weighted by Gasteiger charge is -2.30. The largest absolute Gasteiger partial charge is 0.330 e. The first-order valence-electron chi connectivity index (χ1n) is 7.10. The van der Waals surface area contributed by atoms with Crippen LogP contribution in [0.15, 0.2) is 24.3 Å².